The van der Waals surface area contributed by atoms with Crippen molar-refractivity contribution in [1.29, 1.82) is 0 Å². The number of hydrogen-bond acceptors (Lipinski definition) is 21. The lowest BCUT2D eigenvalue weighted by molar-refractivity contribution is -0.129. The molecule has 0 unspecified atom stereocenters. The number of anilines is 3. The van der Waals surface area contributed by atoms with E-state index in [1.54, 1.807) is 77.5 Å². The summed E-state index contributed by atoms with van der Waals surface area (Å²) in [4.78, 5) is 121. The van der Waals surface area contributed by atoms with Gasteiger partial charge >= 0.3 is 17.1 Å². The molecule has 0 N–H and O–H groups in total. The molecule has 3 fully saturated rings. The zero-order valence-corrected chi connectivity index (χ0v) is 82.7. The Kier molecular flexibility index (Phi) is 26.9. The molecule has 6 aliphatic rings. The van der Waals surface area contributed by atoms with Gasteiger partial charge in [0, 0.05) is 124 Å². The molecular formula is C109H110F6N24O6. The van der Waals surface area contributed by atoms with Gasteiger partial charge in [-0.3, -0.25) is 19.1 Å². The summed E-state index contributed by atoms with van der Waals surface area (Å²) in [6.45, 7) is 37.6. The SMILES string of the molecule is C=CC(=O)N1C[C@H](C)N(c2nc(=O)n3c4nc(c(F)cc24)-c2c(F)cccc2Cc2cn(nn2)CCc2cccc(C(C)C)c2-3)C[C@H]1C.C=CC(=O)N1C[C@H](C)N(c2nc(=O)n3c4nc(c(F)cc24)-c2c(F)cccc2Cn2cc(nn2)CCCc2cccc(C(C)C)c2-3)C[C@H]1C.C=CC(=O)N1C[C@H](C)N(c2nc(=O)n3c4nc(c(F)cc24)-c2c(F)cccc2Cn2cc(nn2)CCc2cccc(C(C)C)c2-3)C[C@H]1C. The number of pyridine rings is 3. The standard InChI is InChI=1S/C37H38F2N8O2.2C36H36F2N8O2/c1-6-31(48)45-17-23(5)46(18-22(45)4)35-28-16-30(39)33-32-25(12-9-15-29(32)38)19-44-20-26(42-43-44)13-7-10-24-11-8-14-27(21(2)3)34(24)47(36(28)40-33)37(49)41-35;1-6-30(47)44-17-22(5)45(18-21(44)4)34-27-16-29(38)32-31-24(10-8-12-28(31)37)15-25-19-43(42-41-25)14-13-23-9-7-11-26(20(2)3)33(23)46(35(27)39-32)36(48)40-34;1-6-30(47)44-16-22(5)45(17-21(44)4)34-27-15-29(38)32-31-24(10-8-12-28(31)37)18-43-19-25(41-42-43)14-13-23-9-7-11-26(20(2)3)33(23)46(35(27)39-32)36(48)40-34/h6,8-9,11-12,14-16,20-23H,1,7,10,13,17-19H2,2-5H3;6-12,16,19-22H,1,13-15,17-18H2,2-5H3;6-12,15,19-22H,1,13-14,16-18H2,2-5H3/t22-,23+;2*21-,22+/m111/s1. The number of nitrogens with zero attached hydrogens (tertiary/aromatic N) is 24. The van der Waals surface area contributed by atoms with Crippen molar-refractivity contribution in [3.05, 3.63) is 317 Å². The van der Waals surface area contributed by atoms with Gasteiger partial charge in [0.05, 0.1) is 63.4 Å². The Morgan fingerprint density at radius 1 is 0.352 bits per heavy atom. The first-order chi connectivity index (χ1) is 69.6. The minimum atomic E-state index is -0.757. The quantitative estimate of drug-likeness (QED) is 0.0957. The zero-order chi connectivity index (χ0) is 102. The number of piperazine rings is 3. The number of hydrogen-bond donors (Lipinski definition) is 0. The van der Waals surface area contributed by atoms with E-state index in [1.165, 1.54) is 68.3 Å². The molecule has 15 heterocycles. The highest BCUT2D eigenvalue weighted by molar-refractivity contribution is 5.96. The van der Waals surface area contributed by atoms with E-state index in [-0.39, 0.29) is 159 Å². The van der Waals surface area contributed by atoms with Gasteiger partial charge in [-0.25, -0.2) is 78.7 Å². The maximum Gasteiger partial charge on any atom is 0.355 e. The second-order valence-electron chi connectivity index (χ2n) is 39.3. The molecule has 12 bridgehead atoms. The Morgan fingerprint density at radius 3 is 1.04 bits per heavy atom. The van der Waals surface area contributed by atoms with E-state index in [1.807, 2.05) is 145 Å². The number of para-hydroxylation sites is 3. The fourth-order valence-corrected chi connectivity index (χ4v) is 21.3. The minimum absolute atomic E-state index is 0.00298. The van der Waals surface area contributed by atoms with E-state index < -0.39 is 52.0 Å². The molecule has 3 saturated heterocycles. The summed E-state index contributed by atoms with van der Waals surface area (Å²) >= 11 is 0. The largest absolute Gasteiger partial charge is 0.355 e. The normalized spacial score (nSPS) is 17.8. The van der Waals surface area contributed by atoms with Crippen LogP contribution in [-0.4, -0.2) is 197 Å². The molecule has 6 aromatic carbocycles. The molecule has 6 aliphatic heterocycles. The highest BCUT2D eigenvalue weighted by Crippen LogP contribution is 2.44. The van der Waals surface area contributed by atoms with E-state index in [0.717, 1.165) is 51.2 Å². The predicted molar refractivity (Wildman–Crippen MR) is 542 cm³/mol. The number of benzene rings is 6. The number of rotatable bonds is 9. The monoisotopic (exact) mass is 1960 g/mol. The van der Waals surface area contributed by atoms with Crippen LogP contribution in [-0.2, 0) is 72.5 Å². The summed E-state index contributed by atoms with van der Waals surface area (Å²) in [5, 5.41) is 26.8. The maximum atomic E-state index is 16.6. The van der Waals surface area contributed by atoms with E-state index in [9.17, 15) is 28.8 Å². The van der Waals surface area contributed by atoms with E-state index in [2.05, 4.69) is 79.5 Å². The van der Waals surface area contributed by atoms with E-state index in [0.29, 0.717) is 134 Å². The Labute approximate surface area is 831 Å². The third kappa shape index (κ3) is 18.4. The molecular weight excluding hydrogens is 1860 g/mol. The van der Waals surface area contributed by atoms with Crippen LogP contribution in [0.5, 0.6) is 0 Å². The van der Waals surface area contributed by atoms with Gasteiger partial charge in [-0.1, -0.05) is 168 Å². The van der Waals surface area contributed by atoms with Crippen LogP contribution in [0.3, 0.4) is 0 Å². The number of carbonyl (C=O) groups is 3. The van der Waals surface area contributed by atoms with Crippen molar-refractivity contribution in [2.75, 3.05) is 54.0 Å². The molecule has 21 rings (SSSR count). The zero-order valence-electron chi connectivity index (χ0n) is 82.7. The van der Waals surface area contributed by atoms with Crippen LogP contribution >= 0.6 is 0 Å². The summed E-state index contributed by atoms with van der Waals surface area (Å²) in [6, 6.07) is 33.8. The number of carbonyl (C=O) groups excluding carboxylic acids is 3. The summed E-state index contributed by atoms with van der Waals surface area (Å²) in [5.74, 6) is -3.94. The lowest BCUT2D eigenvalue weighted by atomic mass is 9.94. The van der Waals surface area contributed by atoms with Gasteiger partial charge in [-0.05, 0) is 203 Å². The van der Waals surface area contributed by atoms with Gasteiger partial charge in [0.1, 0.15) is 69.4 Å². The number of aromatic nitrogens is 18. The highest BCUT2D eigenvalue weighted by Gasteiger charge is 2.41. The number of aryl methyl sites for hydroxylation is 6. The van der Waals surface area contributed by atoms with Crippen molar-refractivity contribution in [2.24, 2.45) is 0 Å². The lowest BCUT2D eigenvalue weighted by Gasteiger charge is -2.44. The van der Waals surface area contributed by atoms with Crippen molar-refractivity contribution in [2.45, 2.75) is 202 Å². The number of halogens is 6. The van der Waals surface area contributed by atoms with Crippen LogP contribution in [0.2, 0.25) is 0 Å². The average Bonchev–Trinajstić information content (AvgIpc) is 1.53. The molecule has 30 nitrogen and oxygen atoms in total. The average molecular weight is 1970 g/mol. The maximum absolute atomic E-state index is 16.6. The predicted octanol–water partition coefficient (Wildman–Crippen LogP) is 16.0. The molecule has 0 aliphatic carbocycles. The Balaban J connectivity index is 0.000000137. The Hall–Kier alpha value is -15.8. The molecule has 9 aromatic heterocycles. The summed E-state index contributed by atoms with van der Waals surface area (Å²) < 4.78 is 106. The van der Waals surface area contributed by atoms with Gasteiger partial charge < -0.3 is 29.4 Å². The summed E-state index contributed by atoms with van der Waals surface area (Å²) in [5.41, 5.74) is 8.80. The third-order valence-electron chi connectivity index (χ3n) is 28.5. The fourth-order valence-electron chi connectivity index (χ4n) is 21.3. The molecule has 6 atom stereocenters. The molecule has 744 valence electrons. The minimum Gasteiger partial charge on any atom is -0.349 e. The molecule has 145 heavy (non-hydrogen) atoms. The second-order valence-corrected chi connectivity index (χ2v) is 39.3. The molecule has 3 amide bonds. The number of fused-ring (bicyclic) bond motifs is 21. The van der Waals surface area contributed by atoms with Crippen molar-refractivity contribution in [3.63, 3.8) is 0 Å². The lowest BCUT2D eigenvalue weighted by Crippen LogP contribution is -2.58. The first-order valence-corrected chi connectivity index (χ1v) is 49.0. The van der Waals surface area contributed by atoms with Gasteiger partial charge in [0.15, 0.2) is 16.9 Å². The van der Waals surface area contributed by atoms with Crippen LogP contribution < -0.4 is 31.8 Å². The summed E-state index contributed by atoms with van der Waals surface area (Å²) in [6.07, 6.45) is 13.1. The second kappa shape index (κ2) is 39.8. The molecule has 36 heteroatoms. The van der Waals surface area contributed by atoms with Crippen molar-refractivity contribution >= 4 is 68.3 Å². The molecule has 0 spiro atoms. The van der Waals surface area contributed by atoms with Crippen LogP contribution in [0.4, 0.5) is 43.8 Å². The highest BCUT2D eigenvalue weighted by atomic mass is 19.1. The van der Waals surface area contributed by atoms with Crippen molar-refractivity contribution in [3.8, 4) is 50.8 Å². The Morgan fingerprint density at radius 2 is 0.669 bits per heavy atom. The van der Waals surface area contributed by atoms with Gasteiger partial charge in [0.25, 0.3) is 0 Å². The van der Waals surface area contributed by atoms with Crippen LogP contribution in [0.15, 0.2) is 198 Å². The van der Waals surface area contributed by atoms with Crippen LogP contribution in [0, 0.1) is 34.9 Å². The Bertz CT molecular complexity index is 7630. The van der Waals surface area contributed by atoms with Gasteiger partial charge in [0.2, 0.25) is 17.7 Å². The van der Waals surface area contributed by atoms with Crippen molar-refractivity contribution < 1.29 is 40.7 Å². The third-order valence-corrected chi connectivity index (χ3v) is 28.5. The first kappa shape index (κ1) is 98.0. The van der Waals surface area contributed by atoms with Gasteiger partial charge in [-0.15, -0.1) is 15.3 Å². The smallest absolute Gasteiger partial charge is 0.349 e. The fraction of sp³-hybridized carbons (Fsp3) is 0.339. The molecule has 0 saturated carbocycles. The first-order valence-electron chi connectivity index (χ1n) is 49.0. The van der Waals surface area contributed by atoms with Crippen LogP contribution in [0.1, 0.15) is 174 Å². The molecule has 15 aromatic rings. The topological polar surface area (TPSA) is 306 Å². The van der Waals surface area contributed by atoms with E-state index in [4.69, 9.17) is 15.0 Å². The van der Waals surface area contributed by atoms with E-state index >= 15 is 26.3 Å². The van der Waals surface area contributed by atoms with Crippen molar-refractivity contribution in [1.82, 2.24) is 103 Å². The van der Waals surface area contributed by atoms with Gasteiger partial charge in [-0.2, -0.15) is 15.0 Å². The summed E-state index contributed by atoms with van der Waals surface area (Å²) in [7, 11) is 0. The van der Waals surface area contributed by atoms with Crippen LogP contribution in [0.25, 0.3) is 83.9 Å². The number of amides is 3. The molecule has 0 radical (unpaired) electrons.